The largest absolute Gasteiger partial charge is 0.460 e. The Labute approximate surface area is 195 Å². The summed E-state index contributed by atoms with van der Waals surface area (Å²) in [6.45, 7) is -0.0816. The molecule has 0 bridgehead atoms. The maximum Gasteiger partial charge on any atom is 0.320 e. The summed E-state index contributed by atoms with van der Waals surface area (Å²) in [4.78, 5) is 15.6. The average molecular weight is 472 g/mol. The molecule has 1 heterocycles. The number of nitrogens with two attached hydrogens (primary N) is 1. The Morgan fingerprint density at radius 1 is 1.00 bits per heavy atom. The Kier molecular flexibility index (Phi) is 7.83. The molecule has 0 radical (unpaired) electrons. The predicted octanol–water partition coefficient (Wildman–Crippen LogP) is 5.27. The summed E-state index contributed by atoms with van der Waals surface area (Å²) < 4.78 is 16.2. The number of halogens is 2. The normalized spacial score (nSPS) is 10.3. The molecule has 0 aliphatic heterocycles. The molecular formula is C23H19Cl2N3O4. The van der Waals surface area contributed by atoms with Crippen LogP contribution in [0.5, 0.6) is 11.5 Å². The maximum absolute atomic E-state index is 11.2. The van der Waals surface area contributed by atoms with Crippen LogP contribution in [-0.4, -0.2) is 22.7 Å². The molecule has 3 aromatic carbocycles. The Balaban J connectivity index is 0.00000289. The zero-order chi connectivity index (χ0) is 21.6. The first kappa shape index (κ1) is 23.3. The first-order valence-corrected chi connectivity index (χ1v) is 9.82. The van der Waals surface area contributed by atoms with Gasteiger partial charge in [-0.15, -0.1) is 12.4 Å². The number of nitrogens with zero attached hydrogens (tertiary/aromatic N) is 2. The van der Waals surface area contributed by atoms with E-state index in [1.807, 2.05) is 54.6 Å². The first-order valence-electron chi connectivity index (χ1n) is 9.44. The van der Waals surface area contributed by atoms with Crippen LogP contribution in [0.4, 0.5) is 0 Å². The summed E-state index contributed by atoms with van der Waals surface area (Å²) in [5.74, 6) is 1.69. The molecule has 9 heteroatoms. The molecule has 1 aromatic heterocycles. The van der Waals surface area contributed by atoms with Gasteiger partial charge in [0.05, 0.1) is 11.6 Å². The monoisotopic (exact) mass is 471 g/mol. The van der Waals surface area contributed by atoms with Crippen LogP contribution in [-0.2, 0) is 16.1 Å². The van der Waals surface area contributed by atoms with Crippen molar-refractivity contribution in [3.05, 3.63) is 83.4 Å². The van der Waals surface area contributed by atoms with Crippen molar-refractivity contribution in [3.63, 3.8) is 0 Å². The highest BCUT2D eigenvalue weighted by Crippen LogP contribution is 2.30. The van der Waals surface area contributed by atoms with Gasteiger partial charge >= 0.3 is 5.97 Å². The van der Waals surface area contributed by atoms with Crippen molar-refractivity contribution in [3.8, 4) is 34.3 Å². The summed E-state index contributed by atoms with van der Waals surface area (Å²) in [5.41, 5.74) is 7.31. The number of rotatable bonds is 7. The number of hydrogen-bond acceptors (Lipinski definition) is 7. The van der Waals surface area contributed by atoms with Crippen LogP contribution in [0.3, 0.4) is 0 Å². The molecule has 0 saturated carbocycles. The highest BCUT2D eigenvalue weighted by Gasteiger charge is 2.14. The van der Waals surface area contributed by atoms with E-state index in [0.29, 0.717) is 28.1 Å². The van der Waals surface area contributed by atoms with Gasteiger partial charge in [0.25, 0.3) is 5.89 Å². The maximum atomic E-state index is 11.2. The number of carbonyl (C=O) groups excluding carboxylic acids is 1. The van der Waals surface area contributed by atoms with Gasteiger partial charge in [0.1, 0.15) is 18.1 Å². The number of esters is 1. The van der Waals surface area contributed by atoms with Gasteiger partial charge in [-0.3, -0.25) is 4.79 Å². The lowest BCUT2D eigenvalue weighted by Crippen LogP contribution is -2.16. The smallest absolute Gasteiger partial charge is 0.320 e. The van der Waals surface area contributed by atoms with Crippen molar-refractivity contribution in [2.24, 2.45) is 5.73 Å². The van der Waals surface area contributed by atoms with Crippen LogP contribution in [0.2, 0.25) is 5.02 Å². The summed E-state index contributed by atoms with van der Waals surface area (Å²) in [6, 6.07) is 22.1. The number of hydrogen-bond donors (Lipinski definition) is 1. The molecular weight excluding hydrogens is 453 g/mol. The number of aromatic nitrogens is 2. The molecule has 2 N–H and O–H groups in total. The quantitative estimate of drug-likeness (QED) is 0.366. The summed E-state index contributed by atoms with van der Waals surface area (Å²) in [5, 5.41) is 4.44. The SMILES string of the molecule is Cl.NCC(=O)OCc1ccc(-c2noc(-c3ccc(Oc4ccccc4)cc3)n2)c(Cl)c1. The third-order valence-electron chi connectivity index (χ3n) is 4.35. The second-order valence-corrected chi connectivity index (χ2v) is 6.95. The molecule has 0 spiro atoms. The van der Waals surface area contributed by atoms with E-state index in [0.717, 1.165) is 16.9 Å². The zero-order valence-electron chi connectivity index (χ0n) is 16.7. The third kappa shape index (κ3) is 5.64. The van der Waals surface area contributed by atoms with Gasteiger partial charge in [0.2, 0.25) is 5.82 Å². The fraction of sp³-hybridized carbons (Fsp3) is 0.0870. The lowest BCUT2D eigenvalue weighted by molar-refractivity contribution is -0.143. The van der Waals surface area contributed by atoms with Gasteiger partial charge in [-0.25, -0.2) is 0 Å². The fourth-order valence-electron chi connectivity index (χ4n) is 2.79. The van der Waals surface area contributed by atoms with E-state index in [2.05, 4.69) is 10.1 Å². The van der Waals surface area contributed by atoms with Gasteiger partial charge in [-0.05, 0) is 54.1 Å². The van der Waals surface area contributed by atoms with Crippen molar-refractivity contribution in [2.45, 2.75) is 6.61 Å². The molecule has 0 saturated heterocycles. The van der Waals surface area contributed by atoms with E-state index >= 15 is 0 Å². The van der Waals surface area contributed by atoms with Crippen LogP contribution in [0.15, 0.2) is 77.3 Å². The minimum Gasteiger partial charge on any atom is -0.460 e. The van der Waals surface area contributed by atoms with Crippen molar-refractivity contribution in [2.75, 3.05) is 6.54 Å². The van der Waals surface area contributed by atoms with E-state index < -0.39 is 5.97 Å². The number of para-hydroxylation sites is 1. The molecule has 4 rings (SSSR count). The standard InChI is InChI=1S/C23H18ClN3O4.ClH/c24-20-12-15(14-29-21(28)13-25)6-11-19(20)22-26-23(31-27-22)16-7-9-18(10-8-16)30-17-4-2-1-3-5-17;/h1-12H,13-14,25H2;1H. The van der Waals surface area contributed by atoms with Crippen LogP contribution in [0, 0.1) is 0 Å². The second-order valence-electron chi connectivity index (χ2n) is 6.54. The summed E-state index contributed by atoms with van der Waals surface area (Å²) in [6.07, 6.45) is 0. The minimum absolute atomic E-state index is 0. The van der Waals surface area contributed by atoms with Crippen LogP contribution in [0.25, 0.3) is 22.8 Å². The molecule has 0 atom stereocenters. The van der Waals surface area contributed by atoms with Gasteiger partial charge in [0.15, 0.2) is 0 Å². The van der Waals surface area contributed by atoms with Gasteiger partial charge in [0, 0.05) is 11.1 Å². The van der Waals surface area contributed by atoms with E-state index in [-0.39, 0.29) is 25.6 Å². The third-order valence-corrected chi connectivity index (χ3v) is 4.66. The number of benzene rings is 3. The second kappa shape index (κ2) is 10.8. The van der Waals surface area contributed by atoms with Crippen molar-refractivity contribution < 1.29 is 18.8 Å². The number of carbonyl (C=O) groups is 1. The molecule has 7 nitrogen and oxygen atoms in total. The predicted molar refractivity (Wildman–Crippen MR) is 123 cm³/mol. The topological polar surface area (TPSA) is 100 Å². The highest BCUT2D eigenvalue weighted by molar-refractivity contribution is 6.33. The first-order chi connectivity index (χ1) is 15.1. The minimum atomic E-state index is -0.483. The number of ether oxygens (including phenoxy) is 2. The van der Waals surface area contributed by atoms with Crippen LogP contribution in [0.1, 0.15) is 5.56 Å². The molecule has 0 unspecified atom stereocenters. The van der Waals surface area contributed by atoms with Crippen LogP contribution >= 0.6 is 24.0 Å². The lowest BCUT2D eigenvalue weighted by atomic mass is 10.1. The Morgan fingerprint density at radius 2 is 1.72 bits per heavy atom. The van der Waals surface area contributed by atoms with Crippen molar-refractivity contribution in [1.82, 2.24) is 10.1 Å². The molecule has 0 amide bonds. The van der Waals surface area contributed by atoms with Gasteiger partial charge in [-0.1, -0.05) is 41.0 Å². The zero-order valence-corrected chi connectivity index (χ0v) is 18.3. The Hall–Kier alpha value is -3.39. The molecule has 0 aliphatic carbocycles. The molecule has 164 valence electrons. The van der Waals surface area contributed by atoms with Crippen molar-refractivity contribution >= 4 is 30.0 Å². The molecule has 0 aliphatic rings. The van der Waals surface area contributed by atoms with Crippen LogP contribution < -0.4 is 10.5 Å². The molecule has 32 heavy (non-hydrogen) atoms. The van der Waals surface area contributed by atoms with E-state index in [1.165, 1.54) is 0 Å². The van der Waals surface area contributed by atoms with Crippen molar-refractivity contribution in [1.29, 1.82) is 0 Å². The van der Waals surface area contributed by atoms with Gasteiger partial charge in [-0.2, -0.15) is 4.98 Å². The molecule has 4 aromatic rings. The van der Waals surface area contributed by atoms with E-state index in [4.69, 9.17) is 31.3 Å². The Morgan fingerprint density at radius 3 is 2.41 bits per heavy atom. The van der Waals surface area contributed by atoms with E-state index in [1.54, 1.807) is 18.2 Å². The highest BCUT2D eigenvalue weighted by atomic mass is 35.5. The molecule has 0 fully saturated rings. The summed E-state index contributed by atoms with van der Waals surface area (Å²) in [7, 11) is 0. The summed E-state index contributed by atoms with van der Waals surface area (Å²) >= 11 is 6.36. The van der Waals surface area contributed by atoms with E-state index in [9.17, 15) is 4.79 Å². The average Bonchev–Trinajstić information content (AvgIpc) is 3.28. The Bertz CT molecular complexity index is 1180. The lowest BCUT2D eigenvalue weighted by Gasteiger charge is -2.06. The van der Waals surface area contributed by atoms with Gasteiger partial charge < -0.3 is 19.7 Å². The fourth-order valence-corrected chi connectivity index (χ4v) is 3.08.